The molecule has 1 unspecified atom stereocenters. The number of carbonyl (C=O) groups excluding carboxylic acids is 1. The minimum atomic E-state index is -0.165. The Hall–Kier alpha value is -2.29. The van der Waals surface area contributed by atoms with Crippen molar-refractivity contribution in [3.8, 4) is 11.4 Å². The van der Waals surface area contributed by atoms with E-state index < -0.39 is 0 Å². The number of halogens is 1. The first-order valence-electron chi connectivity index (χ1n) is 8.46. The summed E-state index contributed by atoms with van der Waals surface area (Å²) in [7, 11) is 0. The van der Waals surface area contributed by atoms with E-state index in [-0.39, 0.29) is 25.0 Å². The summed E-state index contributed by atoms with van der Waals surface area (Å²) < 4.78 is 10.7. The molecule has 0 aliphatic heterocycles. The molecular weight excluding hydrogens is 388 g/mol. The molecule has 0 fully saturated rings. The Bertz CT molecular complexity index is 894. The molecule has 7 nitrogen and oxygen atoms in total. The highest BCUT2D eigenvalue weighted by atomic mass is 35.5. The van der Waals surface area contributed by atoms with Gasteiger partial charge < -0.3 is 14.6 Å². The van der Waals surface area contributed by atoms with E-state index in [1.807, 2.05) is 19.2 Å². The Morgan fingerprint density at radius 1 is 1.33 bits per heavy atom. The van der Waals surface area contributed by atoms with E-state index in [4.69, 9.17) is 20.9 Å². The van der Waals surface area contributed by atoms with Crippen molar-refractivity contribution in [1.29, 1.82) is 0 Å². The molecule has 3 rings (SSSR count). The molecule has 9 heteroatoms. The third kappa shape index (κ3) is 5.35. The normalized spacial score (nSPS) is 12.1. The first-order valence-corrected chi connectivity index (χ1v) is 9.72. The third-order valence-electron chi connectivity index (χ3n) is 3.68. The number of rotatable bonds is 8. The lowest BCUT2D eigenvalue weighted by molar-refractivity contribution is -0.120. The van der Waals surface area contributed by atoms with E-state index >= 15 is 0 Å². The Morgan fingerprint density at radius 3 is 2.85 bits per heavy atom. The summed E-state index contributed by atoms with van der Waals surface area (Å²) in [5, 5.41) is 10.0. The van der Waals surface area contributed by atoms with Gasteiger partial charge in [0, 0.05) is 22.6 Å². The number of hydrogen-bond donors (Lipinski definition) is 1. The zero-order valence-electron chi connectivity index (χ0n) is 14.9. The van der Waals surface area contributed by atoms with E-state index in [1.54, 1.807) is 24.3 Å². The topological polar surface area (TPSA) is 90.1 Å². The number of carbonyl (C=O) groups is 1. The molecule has 0 radical (unpaired) electrons. The van der Waals surface area contributed by atoms with Crippen LogP contribution in [0.5, 0.6) is 0 Å². The van der Waals surface area contributed by atoms with E-state index in [2.05, 4.69) is 20.4 Å². The van der Waals surface area contributed by atoms with Gasteiger partial charge in [-0.3, -0.25) is 4.79 Å². The minimum Gasteiger partial charge on any atom is -0.372 e. The van der Waals surface area contributed by atoms with Crippen LogP contribution in [0.3, 0.4) is 0 Å². The number of aromatic nitrogens is 3. The van der Waals surface area contributed by atoms with Crippen LogP contribution in [0.15, 0.2) is 34.2 Å². The van der Waals surface area contributed by atoms with Crippen molar-refractivity contribution in [2.45, 2.75) is 32.9 Å². The second-order valence-electron chi connectivity index (χ2n) is 5.75. The maximum absolute atomic E-state index is 12.1. The fourth-order valence-electron chi connectivity index (χ4n) is 2.36. The standard InChI is InChI=1S/C18H19ClN4O3S/c1-3-25-11(2)18-21-14(10-27-18)8-15(24)20-9-16-22-17(23-26-16)12-4-6-13(19)7-5-12/h4-7,10-11H,3,8-9H2,1-2H3,(H,20,24). The summed E-state index contributed by atoms with van der Waals surface area (Å²) in [5.41, 5.74) is 1.51. The Labute approximate surface area is 165 Å². The van der Waals surface area contributed by atoms with E-state index in [9.17, 15) is 4.79 Å². The van der Waals surface area contributed by atoms with Crippen LogP contribution in [0, 0.1) is 0 Å². The van der Waals surface area contributed by atoms with Gasteiger partial charge in [-0.05, 0) is 38.1 Å². The molecule has 3 aromatic rings. The Morgan fingerprint density at radius 2 is 2.11 bits per heavy atom. The highest BCUT2D eigenvalue weighted by molar-refractivity contribution is 7.09. The van der Waals surface area contributed by atoms with Crippen molar-refractivity contribution in [3.05, 3.63) is 51.3 Å². The van der Waals surface area contributed by atoms with Crippen LogP contribution in [-0.4, -0.2) is 27.6 Å². The highest BCUT2D eigenvalue weighted by Crippen LogP contribution is 2.21. The highest BCUT2D eigenvalue weighted by Gasteiger charge is 2.14. The van der Waals surface area contributed by atoms with Gasteiger partial charge in [0.1, 0.15) is 11.1 Å². The van der Waals surface area contributed by atoms with Crippen molar-refractivity contribution in [1.82, 2.24) is 20.4 Å². The van der Waals surface area contributed by atoms with Gasteiger partial charge in [-0.15, -0.1) is 11.3 Å². The predicted molar refractivity (Wildman–Crippen MR) is 102 cm³/mol. The number of nitrogens with one attached hydrogen (secondary N) is 1. The molecule has 1 aromatic carbocycles. The molecule has 0 saturated heterocycles. The molecule has 0 saturated carbocycles. The minimum absolute atomic E-state index is 0.0681. The Kier molecular flexibility index (Phi) is 6.54. The van der Waals surface area contributed by atoms with Crippen LogP contribution >= 0.6 is 22.9 Å². The molecule has 1 amide bonds. The second-order valence-corrected chi connectivity index (χ2v) is 7.07. The van der Waals surface area contributed by atoms with Crippen LogP contribution in [0.1, 0.15) is 36.5 Å². The molecular formula is C18H19ClN4O3S. The maximum Gasteiger partial charge on any atom is 0.246 e. The van der Waals surface area contributed by atoms with Crippen LogP contribution < -0.4 is 5.32 Å². The summed E-state index contributed by atoms with van der Waals surface area (Å²) >= 11 is 7.36. The van der Waals surface area contributed by atoms with Gasteiger partial charge in [0.15, 0.2) is 0 Å². The molecule has 0 spiro atoms. The van der Waals surface area contributed by atoms with Crippen molar-refractivity contribution in [2.75, 3.05) is 6.61 Å². The van der Waals surface area contributed by atoms with E-state index in [0.717, 1.165) is 10.6 Å². The second kappa shape index (κ2) is 9.07. The molecule has 27 heavy (non-hydrogen) atoms. The van der Waals surface area contributed by atoms with Gasteiger partial charge in [-0.1, -0.05) is 16.8 Å². The molecule has 2 heterocycles. The molecule has 0 aliphatic carbocycles. The zero-order chi connectivity index (χ0) is 19.2. The van der Waals surface area contributed by atoms with E-state index in [0.29, 0.717) is 29.0 Å². The van der Waals surface area contributed by atoms with Gasteiger partial charge in [-0.25, -0.2) is 4.98 Å². The van der Waals surface area contributed by atoms with Gasteiger partial charge >= 0.3 is 0 Å². The lowest BCUT2D eigenvalue weighted by atomic mass is 10.2. The van der Waals surface area contributed by atoms with Crippen LogP contribution in [0.2, 0.25) is 5.02 Å². The van der Waals surface area contributed by atoms with Crippen molar-refractivity contribution in [2.24, 2.45) is 0 Å². The average molecular weight is 407 g/mol. The molecule has 142 valence electrons. The fraction of sp³-hybridized carbons (Fsp3) is 0.333. The van der Waals surface area contributed by atoms with Gasteiger partial charge in [0.05, 0.1) is 18.7 Å². The molecule has 0 aliphatic rings. The summed E-state index contributed by atoms with van der Waals surface area (Å²) in [6, 6.07) is 7.11. The summed E-state index contributed by atoms with van der Waals surface area (Å²) in [4.78, 5) is 20.8. The lowest BCUT2D eigenvalue weighted by Crippen LogP contribution is -2.24. The average Bonchev–Trinajstić information content (AvgIpc) is 3.30. The maximum atomic E-state index is 12.1. The zero-order valence-corrected chi connectivity index (χ0v) is 16.5. The van der Waals surface area contributed by atoms with Crippen LogP contribution in [0.25, 0.3) is 11.4 Å². The lowest BCUT2D eigenvalue weighted by Gasteiger charge is -2.06. The Balaban J connectivity index is 1.52. The quantitative estimate of drug-likeness (QED) is 0.611. The van der Waals surface area contributed by atoms with Crippen molar-refractivity contribution in [3.63, 3.8) is 0 Å². The fourth-order valence-corrected chi connectivity index (χ4v) is 3.30. The number of benzene rings is 1. The van der Waals surface area contributed by atoms with Gasteiger partial charge in [0.25, 0.3) is 0 Å². The van der Waals surface area contributed by atoms with Crippen molar-refractivity contribution >= 4 is 28.8 Å². The first kappa shape index (κ1) is 19.5. The molecule has 1 atom stereocenters. The van der Waals surface area contributed by atoms with Crippen molar-refractivity contribution < 1.29 is 14.1 Å². The number of ether oxygens (including phenoxy) is 1. The van der Waals surface area contributed by atoms with Crippen LogP contribution in [-0.2, 0) is 22.5 Å². The third-order valence-corrected chi connectivity index (χ3v) is 4.99. The van der Waals surface area contributed by atoms with Gasteiger partial charge in [0.2, 0.25) is 17.6 Å². The number of thiazole rings is 1. The summed E-state index contributed by atoms with van der Waals surface area (Å²) in [6.45, 7) is 4.67. The van der Waals surface area contributed by atoms with E-state index in [1.165, 1.54) is 11.3 Å². The smallest absolute Gasteiger partial charge is 0.246 e. The summed E-state index contributed by atoms with van der Waals surface area (Å²) in [5.74, 6) is 0.615. The molecule has 2 aromatic heterocycles. The first-order chi connectivity index (χ1) is 13.0. The number of hydrogen-bond acceptors (Lipinski definition) is 7. The van der Waals surface area contributed by atoms with Gasteiger partial charge in [-0.2, -0.15) is 4.98 Å². The predicted octanol–water partition coefficient (Wildman–Crippen LogP) is 3.80. The summed E-state index contributed by atoms with van der Waals surface area (Å²) in [6.07, 6.45) is 0.120. The number of amides is 1. The van der Waals surface area contributed by atoms with Crippen LogP contribution in [0.4, 0.5) is 0 Å². The SMILES string of the molecule is CCOC(C)c1nc(CC(=O)NCc2nc(-c3ccc(Cl)cc3)no2)cs1. The number of nitrogens with zero attached hydrogens (tertiary/aromatic N) is 3. The molecule has 1 N–H and O–H groups in total. The molecule has 0 bridgehead atoms. The monoisotopic (exact) mass is 406 g/mol. The largest absolute Gasteiger partial charge is 0.372 e.